The van der Waals surface area contributed by atoms with Crippen LogP contribution < -0.4 is 14.8 Å². The van der Waals surface area contributed by atoms with E-state index in [4.69, 9.17) is 9.47 Å². The van der Waals surface area contributed by atoms with Crippen molar-refractivity contribution < 1.29 is 14.6 Å². The van der Waals surface area contributed by atoms with Crippen molar-refractivity contribution in [1.29, 1.82) is 0 Å². The molecule has 0 bridgehead atoms. The largest absolute Gasteiger partial charge is 0.491 e. The maximum absolute atomic E-state index is 9.98. The Labute approximate surface area is 157 Å². The van der Waals surface area contributed by atoms with Gasteiger partial charge in [0, 0.05) is 18.5 Å². The van der Waals surface area contributed by atoms with Crippen LogP contribution >= 0.6 is 11.3 Å². The number of benzene rings is 2. The van der Waals surface area contributed by atoms with Gasteiger partial charge in [-0.2, -0.15) is 0 Å². The number of ether oxygens (including phenoxy) is 2. The summed E-state index contributed by atoms with van der Waals surface area (Å²) in [5.41, 5.74) is 3.86. The molecule has 0 fully saturated rings. The van der Waals surface area contributed by atoms with E-state index in [0.29, 0.717) is 19.7 Å². The second-order valence-electron chi connectivity index (χ2n) is 5.82. The Kier molecular flexibility index (Phi) is 7.01. The molecule has 0 saturated heterocycles. The van der Waals surface area contributed by atoms with E-state index in [1.807, 2.05) is 60.0 Å². The number of nitrogens with zero attached hydrogens (tertiary/aromatic N) is 1. The van der Waals surface area contributed by atoms with Gasteiger partial charge in [-0.05, 0) is 29.8 Å². The highest BCUT2D eigenvalue weighted by atomic mass is 32.1. The maximum Gasteiger partial charge on any atom is 0.131 e. The molecule has 136 valence electrons. The Morgan fingerprint density at radius 3 is 2.50 bits per heavy atom. The number of aliphatic hydroxyl groups is 1. The molecule has 5 nitrogen and oxygen atoms in total. The fourth-order valence-electron chi connectivity index (χ4n) is 2.32. The van der Waals surface area contributed by atoms with Gasteiger partial charge in [-0.25, -0.2) is 4.98 Å². The van der Waals surface area contributed by atoms with E-state index in [1.165, 1.54) is 0 Å². The molecule has 1 heterocycles. The lowest BCUT2D eigenvalue weighted by atomic mass is 10.2. The van der Waals surface area contributed by atoms with E-state index < -0.39 is 6.10 Å². The van der Waals surface area contributed by atoms with Gasteiger partial charge < -0.3 is 19.9 Å². The van der Waals surface area contributed by atoms with Gasteiger partial charge in [-0.15, -0.1) is 11.3 Å². The zero-order valence-corrected chi connectivity index (χ0v) is 15.2. The van der Waals surface area contributed by atoms with Crippen LogP contribution in [0.4, 0.5) is 0 Å². The minimum absolute atomic E-state index is 0.264. The third kappa shape index (κ3) is 6.15. The second kappa shape index (κ2) is 9.91. The lowest BCUT2D eigenvalue weighted by molar-refractivity contribution is 0.106. The number of nitrogens with one attached hydrogen (secondary N) is 1. The number of hydrogen-bond donors (Lipinski definition) is 2. The van der Waals surface area contributed by atoms with E-state index in [-0.39, 0.29) is 6.61 Å². The zero-order valence-electron chi connectivity index (χ0n) is 14.4. The molecular formula is C20H22N2O3S. The molecule has 0 radical (unpaired) electrons. The van der Waals surface area contributed by atoms with Gasteiger partial charge in [0.15, 0.2) is 0 Å². The molecule has 1 atom stereocenters. The molecule has 3 aromatic rings. The van der Waals surface area contributed by atoms with Crippen LogP contribution in [0.1, 0.15) is 11.3 Å². The maximum atomic E-state index is 9.98. The zero-order chi connectivity index (χ0) is 18.0. The molecule has 0 spiro atoms. The van der Waals surface area contributed by atoms with Crippen LogP contribution in [0.3, 0.4) is 0 Å². The Morgan fingerprint density at radius 1 is 1.00 bits per heavy atom. The highest BCUT2D eigenvalue weighted by Gasteiger charge is 2.05. The van der Waals surface area contributed by atoms with Crippen molar-refractivity contribution in [1.82, 2.24) is 10.3 Å². The second-order valence-corrected chi connectivity index (χ2v) is 6.54. The predicted molar refractivity (Wildman–Crippen MR) is 103 cm³/mol. The van der Waals surface area contributed by atoms with Crippen molar-refractivity contribution in [2.45, 2.75) is 19.3 Å². The average molecular weight is 370 g/mol. The van der Waals surface area contributed by atoms with Crippen LogP contribution in [-0.2, 0) is 13.2 Å². The Bertz CT molecular complexity index is 748. The minimum atomic E-state index is -0.559. The summed E-state index contributed by atoms with van der Waals surface area (Å²) in [6, 6.07) is 17.4. The fourth-order valence-corrected chi connectivity index (χ4v) is 2.86. The summed E-state index contributed by atoms with van der Waals surface area (Å²) < 4.78 is 11.2. The molecule has 0 aliphatic heterocycles. The first-order valence-corrected chi connectivity index (χ1v) is 9.39. The molecule has 1 aromatic heterocycles. The van der Waals surface area contributed by atoms with Crippen molar-refractivity contribution in [3.63, 3.8) is 0 Å². The van der Waals surface area contributed by atoms with Gasteiger partial charge in [-0.3, -0.25) is 0 Å². The predicted octanol–water partition coefficient (Wildman–Crippen LogP) is 3.25. The van der Waals surface area contributed by atoms with Crippen LogP contribution in [0.5, 0.6) is 11.5 Å². The molecule has 1 unspecified atom stereocenters. The number of rotatable bonds is 10. The Balaban J connectivity index is 1.34. The van der Waals surface area contributed by atoms with E-state index >= 15 is 0 Å². The first kappa shape index (κ1) is 18.4. The molecule has 26 heavy (non-hydrogen) atoms. The normalized spacial score (nSPS) is 11.9. The average Bonchev–Trinajstić information content (AvgIpc) is 3.20. The molecule has 3 rings (SSSR count). The van der Waals surface area contributed by atoms with Gasteiger partial charge in [0.05, 0.1) is 11.2 Å². The lowest BCUT2D eigenvalue weighted by Gasteiger charge is -2.13. The van der Waals surface area contributed by atoms with E-state index in [1.54, 1.807) is 16.8 Å². The minimum Gasteiger partial charge on any atom is -0.491 e. The molecule has 2 N–H and O–H groups in total. The monoisotopic (exact) mass is 370 g/mol. The summed E-state index contributed by atoms with van der Waals surface area (Å²) in [6.45, 7) is 1.89. The number of aliphatic hydroxyl groups excluding tert-OH is 1. The van der Waals surface area contributed by atoms with Crippen LogP contribution in [0, 0.1) is 0 Å². The van der Waals surface area contributed by atoms with Gasteiger partial charge in [0.2, 0.25) is 0 Å². The van der Waals surface area contributed by atoms with E-state index in [9.17, 15) is 5.11 Å². The molecule has 0 aliphatic rings. The van der Waals surface area contributed by atoms with Crippen LogP contribution in [0.2, 0.25) is 0 Å². The van der Waals surface area contributed by atoms with Crippen LogP contribution in [0.25, 0.3) is 0 Å². The summed E-state index contributed by atoms with van der Waals surface area (Å²) in [4.78, 5) is 4.19. The summed E-state index contributed by atoms with van der Waals surface area (Å²) in [5.74, 6) is 1.58. The first-order chi connectivity index (χ1) is 12.8. The summed E-state index contributed by atoms with van der Waals surface area (Å²) in [7, 11) is 0. The molecule has 0 aliphatic carbocycles. The topological polar surface area (TPSA) is 63.6 Å². The number of thiazole rings is 1. The number of aromatic nitrogens is 1. The van der Waals surface area contributed by atoms with Crippen LogP contribution in [0.15, 0.2) is 65.5 Å². The molecule has 0 saturated carbocycles. The number of para-hydroxylation sites is 1. The highest BCUT2D eigenvalue weighted by molar-refractivity contribution is 7.07. The Morgan fingerprint density at radius 2 is 1.77 bits per heavy atom. The summed E-state index contributed by atoms with van der Waals surface area (Å²) in [6.07, 6.45) is -0.559. The SMILES string of the molecule is OC(CNCc1ccc(OCc2cscn2)cc1)COc1ccccc1. The molecule has 6 heteroatoms. The van der Waals surface area contributed by atoms with Gasteiger partial charge in [0.25, 0.3) is 0 Å². The standard InChI is InChI=1S/C20H22N2O3S/c23-18(13-25-19-4-2-1-3-5-19)11-21-10-16-6-8-20(9-7-16)24-12-17-14-26-15-22-17/h1-9,14-15,18,21,23H,10-13H2. The van der Waals surface area contributed by atoms with Crippen LogP contribution in [-0.4, -0.2) is 29.3 Å². The summed E-state index contributed by atoms with van der Waals surface area (Å²) >= 11 is 1.56. The van der Waals surface area contributed by atoms with Gasteiger partial charge in [-0.1, -0.05) is 30.3 Å². The smallest absolute Gasteiger partial charge is 0.131 e. The molecular weight excluding hydrogens is 348 g/mol. The van der Waals surface area contributed by atoms with Gasteiger partial charge >= 0.3 is 0 Å². The van der Waals surface area contributed by atoms with E-state index in [2.05, 4.69) is 10.3 Å². The number of hydrogen-bond acceptors (Lipinski definition) is 6. The van der Waals surface area contributed by atoms with Crippen molar-refractivity contribution >= 4 is 11.3 Å². The lowest BCUT2D eigenvalue weighted by Crippen LogP contribution is -2.31. The summed E-state index contributed by atoms with van der Waals surface area (Å²) in [5, 5.41) is 15.2. The van der Waals surface area contributed by atoms with Crippen molar-refractivity contribution in [3.8, 4) is 11.5 Å². The van der Waals surface area contributed by atoms with Gasteiger partial charge in [0.1, 0.15) is 30.8 Å². The molecule has 2 aromatic carbocycles. The molecule has 0 amide bonds. The quantitative estimate of drug-likeness (QED) is 0.574. The fraction of sp³-hybridized carbons (Fsp3) is 0.250. The third-order valence-electron chi connectivity index (χ3n) is 3.69. The van der Waals surface area contributed by atoms with Crippen molar-refractivity contribution in [2.75, 3.05) is 13.2 Å². The van der Waals surface area contributed by atoms with E-state index in [0.717, 1.165) is 22.8 Å². The first-order valence-electron chi connectivity index (χ1n) is 8.45. The highest BCUT2D eigenvalue weighted by Crippen LogP contribution is 2.14. The third-order valence-corrected chi connectivity index (χ3v) is 4.32. The van der Waals surface area contributed by atoms with Crippen molar-refractivity contribution in [2.24, 2.45) is 0 Å². The van der Waals surface area contributed by atoms with Crippen molar-refractivity contribution in [3.05, 3.63) is 76.7 Å². The Hall–Kier alpha value is -2.41.